The monoisotopic (exact) mass is 251 g/mol. The van der Waals surface area contributed by atoms with E-state index in [0.717, 1.165) is 25.7 Å². The Balaban J connectivity index is 2.11. The minimum Gasteiger partial charge on any atom is -0.508 e. The molecule has 0 heterocycles. The Labute approximate surface area is 107 Å². The quantitative estimate of drug-likeness (QED) is 0.662. The van der Waals surface area contributed by atoms with Crippen molar-refractivity contribution < 1.29 is 15.3 Å². The van der Waals surface area contributed by atoms with Crippen LogP contribution in [0.2, 0.25) is 0 Å². The van der Waals surface area contributed by atoms with Gasteiger partial charge in [0.1, 0.15) is 11.5 Å². The molecular weight excluding hydrogens is 230 g/mol. The molecule has 1 aliphatic carbocycles. The topological polar surface area (TPSA) is 86.7 Å². The van der Waals surface area contributed by atoms with E-state index in [1.165, 1.54) is 18.6 Å². The van der Waals surface area contributed by atoms with Crippen LogP contribution in [0, 0.1) is 5.92 Å². The Morgan fingerprint density at radius 1 is 1.11 bits per heavy atom. The summed E-state index contributed by atoms with van der Waals surface area (Å²) >= 11 is 0. The summed E-state index contributed by atoms with van der Waals surface area (Å²) in [6, 6.07) is 3.70. The summed E-state index contributed by atoms with van der Waals surface area (Å²) in [4.78, 5) is 0. The van der Waals surface area contributed by atoms with Gasteiger partial charge in [-0.15, -0.1) is 0 Å². The fourth-order valence-electron chi connectivity index (χ4n) is 2.77. The van der Waals surface area contributed by atoms with Crippen LogP contribution >= 0.6 is 0 Å². The van der Waals surface area contributed by atoms with E-state index in [4.69, 9.17) is 5.73 Å². The molecule has 0 saturated heterocycles. The van der Waals surface area contributed by atoms with E-state index in [9.17, 15) is 15.3 Å². The fraction of sp³-hybridized carbons (Fsp3) is 0.571. The third-order valence-corrected chi connectivity index (χ3v) is 3.87. The van der Waals surface area contributed by atoms with Crippen LogP contribution in [-0.4, -0.2) is 21.4 Å². The standard InChI is InChI=1S/C14H21NO3/c15-13(11-7-6-10(16)8-12(11)17)14(18)9-4-2-1-3-5-9/h6-9,13-14,16-18H,1-5,15H2/t13-,14+/m0/s1. The highest BCUT2D eigenvalue weighted by Gasteiger charge is 2.28. The second-order valence-corrected chi connectivity index (χ2v) is 5.16. The zero-order valence-electron chi connectivity index (χ0n) is 10.4. The normalized spacial score (nSPS) is 20.6. The van der Waals surface area contributed by atoms with Gasteiger partial charge >= 0.3 is 0 Å². The van der Waals surface area contributed by atoms with Gasteiger partial charge in [0.25, 0.3) is 0 Å². The maximum atomic E-state index is 10.3. The van der Waals surface area contributed by atoms with Gasteiger partial charge in [0.05, 0.1) is 12.1 Å². The van der Waals surface area contributed by atoms with Crippen molar-refractivity contribution in [2.45, 2.75) is 44.2 Å². The number of phenolic OH excluding ortho intramolecular Hbond substituents is 2. The van der Waals surface area contributed by atoms with Crippen LogP contribution in [0.15, 0.2) is 18.2 Å². The van der Waals surface area contributed by atoms with E-state index in [1.54, 1.807) is 6.07 Å². The van der Waals surface area contributed by atoms with Crippen LogP contribution in [-0.2, 0) is 0 Å². The first-order valence-corrected chi connectivity index (χ1v) is 6.55. The Morgan fingerprint density at radius 2 is 1.78 bits per heavy atom. The zero-order chi connectivity index (χ0) is 13.1. The summed E-state index contributed by atoms with van der Waals surface area (Å²) in [5.74, 6) is 0.148. The largest absolute Gasteiger partial charge is 0.508 e. The van der Waals surface area contributed by atoms with Crippen molar-refractivity contribution in [3.63, 3.8) is 0 Å². The molecule has 0 radical (unpaired) electrons. The van der Waals surface area contributed by atoms with Crippen molar-refractivity contribution >= 4 is 0 Å². The Morgan fingerprint density at radius 3 is 2.39 bits per heavy atom. The second kappa shape index (κ2) is 5.59. The Kier molecular flexibility index (Phi) is 4.09. The van der Waals surface area contributed by atoms with E-state index in [1.807, 2.05) is 0 Å². The molecule has 1 aliphatic rings. The lowest BCUT2D eigenvalue weighted by Crippen LogP contribution is -2.34. The van der Waals surface area contributed by atoms with Crippen molar-refractivity contribution in [2.75, 3.05) is 0 Å². The maximum absolute atomic E-state index is 10.3. The minimum atomic E-state index is -0.638. The molecule has 0 spiro atoms. The molecule has 0 unspecified atom stereocenters. The van der Waals surface area contributed by atoms with Crippen LogP contribution < -0.4 is 5.73 Å². The van der Waals surface area contributed by atoms with Gasteiger partial charge in [-0.05, 0) is 30.9 Å². The number of hydrogen-bond acceptors (Lipinski definition) is 4. The number of hydrogen-bond donors (Lipinski definition) is 4. The summed E-state index contributed by atoms with van der Waals surface area (Å²) in [7, 11) is 0. The number of nitrogens with two attached hydrogens (primary N) is 1. The summed E-state index contributed by atoms with van der Waals surface area (Å²) in [5, 5.41) is 29.3. The minimum absolute atomic E-state index is 0.00407. The molecule has 2 rings (SSSR count). The van der Waals surface area contributed by atoms with Crippen molar-refractivity contribution in [1.29, 1.82) is 0 Å². The molecule has 1 aromatic rings. The highest BCUT2D eigenvalue weighted by atomic mass is 16.3. The maximum Gasteiger partial charge on any atom is 0.124 e. The second-order valence-electron chi connectivity index (χ2n) is 5.16. The molecule has 0 aromatic heterocycles. The smallest absolute Gasteiger partial charge is 0.124 e. The first kappa shape index (κ1) is 13.2. The molecule has 0 bridgehead atoms. The fourth-order valence-corrected chi connectivity index (χ4v) is 2.77. The summed E-state index contributed by atoms with van der Waals surface area (Å²) < 4.78 is 0. The molecule has 2 atom stereocenters. The highest BCUT2D eigenvalue weighted by Crippen LogP contribution is 2.34. The third-order valence-electron chi connectivity index (χ3n) is 3.87. The summed E-state index contributed by atoms with van der Waals surface area (Å²) in [6.45, 7) is 0. The van der Waals surface area contributed by atoms with Gasteiger partial charge in [-0.1, -0.05) is 19.3 Å². The molecule has 100 valence electrons. The van der Waals surface area contributed by atoms with E-state index in [0.29, 0.717) is 5.56 Å². The number of aliphatic hydroxyl groups is 1. The lowest BCUT2D eigenvalue weighted by Gasteiger charge is -2.30. The lowest BCUT2D eigenvalue weighted by molar-refractivity contribution is 0.0611. The van der Waals surface area contributed by atoms with Crippen LogP contribution in [0.1, 0.15) is 43.7 Å². The van der Waals surface area contributed by atoms with Gasteiger partial charge in [0.15, 0.2) is 0 Å². The molecule has 1 fully saturated rings. The van der Waals surface area contributed by atoms with E-state index in [-0.39, 0.29) is 17.4 Å². The predicted octanol–water partition coefficient (Wildman–Crippen LogP) is 2.04. The van der Waals surface area contributed by atoms with Gasteiger partial charge in [-0.2, -0.15) is 0 Å². The van der Waals surface area contributed by atoms with Crippen molar-refractivity contribution in [2.24, 2.45) is 11.7 Å². The average molecular weight is 251 g/mol. The Bertz CT molecular complexity index is 402. The first-order chi connectivity index (χ1) is 8.59. The number of aliphatic hydroxyl groups excluding tert-OH is 1. The molecule has 5 N–H and O–H groups in total. The molecule has 4 heteroatoms. The lowest BCUT2D eigenvalue weighted by atomic mass is 9.81. The van der Waals surface area contributed by atoms with E-state index in [2.05, 4.69) is 0 Å². The van der Waals surface area contributed by atoms with Gasteiger partial charge in [0.2, 0.25) is 0 Å². The zero-order valence-corrected chi connectivity index (χ0v) is 10.4. The van der Waals surface area contributed by atoms with Gasteiger partial charge < -0.3 is 21.1 Å². The number of rotatable bonds is 3. The Hall–Kier alpha value is -1.26. The number of phenols is 2. The van der Waals surface area contributed by atoms with Crippen LogP contribution in [0.4, 0.5) is 0 Å². The number of aromatic hydroxyl groups is 2. The van der Waals surface area contributed by atoms with E-state index < -0.39 is 12.1 Å². The highest BCUT2D eigenvalue weighted by molar-refractivity contribution is 5.41. The van der Waals surface area contributed by atoms with Crippen LogP contribution in [0.25, 0.3) is 0 Å². The van der Waals surface area contributed by atoms with Crippen molar-refractivity contribution in [1.82, 2.24) is 0 Å². The molecule has 4 nitrogen and oxygen atoms in total. The SMILES string of the molecule is N[C@@H](c1ccc(O)cc1O)[C@H](O)C1CCCCC1. The van der Waals surface area contributed by atoms with Gasteiger partial charge in [-0.3, -0.25) is 0 Å². The first-order valence-electron chi connectivity index (χ1n) is 6.55. The molecule has 0 aliphatic heterocycles. The van der Waals surface area contributed by atoms with Crippen molar-refractivity contribution in [3.8, 4) is 11.5 Å². The predicted molar refractivity (Wildman–Crippen MR) is 69.3 cm³/mol. The molecule has 1 aromatic carbocycles. The summed E-state index contributed by atoms with van der Waals surface area (Å²) in [5.41, 5.74) is 6.52. The molecule has 18 heavy (non-hydrogen) atoms. The van der Waals surface area contributed by atoms with Crippen LogP contribution in [0.5, 0.6) is 11.5 Å². The van der Waals surface area contributed by atoms with Crippen molar-refractivity contribution in [3.05, 3.63) is 23.8 Å². The molecule has 0 amide bonds. The third kappa shape index (κ3) is 2.76. The van der Waals surface area contributed by atoms with E-state index >= 15 is 0 Å². The average Bonchev–Trinajstić information content (AvgIpc) is 2.38. The summed E-state index contributed by atoms with van der Waals surface area (Å²) in [6.07, 6.45) is 4.84. The number of benzene rings is 1. The molecular formula is C14H21NO3. The molecule has 1 saturated carbocycles. The van der Waals surface area contributed by atoms with Gasteiger partial charge in [0, 0.05) is 11.6 Å². The van der Waals surface area contributed by atoms with Gasteiger partial charge in [-0.25, -0.2) is 0 Å². The van der Waals surface area contributed by atoms with Crippen LogP contribution in [0.3, 0.4) is 0 Å².